The van der Waals surface area contributed by atoms with Crippen molar-refractivity contribution in [2.24, 2.45) is 28.7 Å². The molecule has 31 heavy (non-hydrogen) atoms. The minimum atomic E-state index is -4.43. The summed E-state index contributed by atoms with van der Waals surface area (Å²) in [5, 5.41) is 7.43. The number of aromatic nitrogens is 1. The van der Waals surface area contributed by atoms with Gasteiger partial charge in [-0.15, -0.1) is 35.3 Å². The van der Waals surface area contributed by atoms with Crippen molar-refractivity contribution in [3.8, 4) is 0 Å². The summed E-state index contributed by atoms with van der Waals surface area (Å²) < 4.78 is 37.8. The molecule has 1 saturated carbocycles. The van der Waals surface area contributed by atoms with Crippen LogP contribution < -0.4 is 10.6 Å². The fraction of sp³-hybridized carbons (Fsp3) is 0.579. The van der Waals surface area contributed by atoms with Gasteiger partial charge in [0.1, 0.15) is 0 Å². The molecule has 1 aromatic heterocycles. The number of guanidine groups is 1. The maximum Gasteiger partial charge on any atom is 0.434 e. The van der Waals surface area contributed by atoms with Gasteiger partial charge in [-0.1, -0.05) is 12.2 Å². The lowest BCUT2D eigenvalue weighted by Gasteiger charge is -2.18. The molecule has 3 aliphatic rings. The zero-order valence-electron chi connectivity index (χ0n) is 16.7. The van der Waals surface area contributed by atoms with Gasteiger partial charge in [0.15, 0.2) is 11.7 Å². The Kier molecular flexibility index (Phi) is 7.28. The molecule has 4 atom stereocenters. The summed E-state index contributed by atoms with van der Waals surface area (Å²) in [7, 11) is 1.57. The van der Waals surface area contributed by atoms with E-state index in [4.69, 9.17) is 0 Å². The van der Waals surface area contributed by atoms with Crippen molar-refractivity contribution in [2.45, 2.75) is 19.0 Å². The van der Waals surface area contributed by atoms with Crippen molar-refractivity contribution in [1.82, 2.24) is 20.5 Å². The number of thiazole rings is 1. The predicted octanol–water partition coefficient (Wildman–Crippen LogP) is 2.29. The lowest BCUT2D eigenvalue weighted by atomic mass is 9.85. The number of nitrogens with zero attached hydrogens (tertiary/aromatic N) is 3. The number of imide groups is 1. The molecule has 1 aromatic rings. The van der Waals surface area contributed by atoms with Crippen LogP contribution in [-0.2, 0) is 22.2 Å². The van der Waals surface area contributed by atoms with E-state index in [1.54, 1.807) is 7.05 Å². The highest BCUT2D eigenvalue weighted by molar-refractivity contribution is 14.0. The van der Waals surface area contributed by atoms with E-state index in [1.807, 2.05) is 0 Å². The van der Waals surface area contributed by atoms with E-state index in [9.17, 15) is 22.8 Å². The molecule has 0 aromatic carbocycles. The number of aliphatic imine (C=N–C) groups is 1. The highest BCUT2D eigenvalue weighted by atomic mass is 127. The Morgan fingerprint density at radius 3 is 2.35 bits per heavy atom. The Balaban J connectivity index is 0.00000272. The second kappa shape index (κ2) is 9.43. The lowest BCUT2D eigenvalue weighted by molar-refractivity contribution is -0.141. The van der Waals surface area contributed by atoms with E-state index in [2.05, 4.69) is 32.8 Å². The monoisotopic (exact) mass is 569 g/mol. The Morgan fingerprint density at radius 2 is 1.81 bits per heavy atom. The first kappa shape index (κ1) is 24.0. The molecule has 2 amide bonds. The number of hydrogen-bond donors (Lipinski definition) is 2. The van der Waals surface area contributed by atoms with E-state index in [-0.39, 0.29) is 66.0 Å². The molecule has 4 unspecified atom stereocenters. The fourth-order valence-corrected chi connectivity index (χ4v) is 5.34. The van der Waals surface area contributed by atoms with Gasteiger partial charge in [-0.05, 0) is 18.3 Å². The molecule has 170 valence electrons. The van der Waals surface area contributed by atoms with Crippen molar-refractivity contribution in [3.05, 3.63) is 28.2 Å². The Morgan fingerprint density at radius 1 is 1.19 bits per heavy atom. The number of halogens is 4. The van der Waals surface area contributed by atoms with Crippen LogP contribution in [0.2, 0.25) is 0 Å². The number of allylic oxidation sites excluding steroid dienone is 2. The first-order valence-electron chi connectivity index (χ1n) is 9.79. The van der Waals surface area contributed by atoms with Gasteiger partial charge in [0.25, 0.3) is 0 Å². The largest absolute Gasteiger partial charge is 0.434 e. The molecule has 2 heterocycles. The summed E-state index contributed by atoms with van der Waals surface area (Å²) in [5.41, 5.74) is -0.877. The van der Waals surface area contributed by atoms with Gasteiger partial charge in [0, 0.05) is 38.5 Å². The van der Waals surface area contributed by atoms with E-state index < -0.39 is 11.9 Å². The molecule has 2 N–H and O–H groups in total. The standard InChI is InChI=1S/C19H22F3N5O2S.HI/c1-23-18(24-5-4-13-26-12(9-30-13)19(20,21)22)25-6-7-27-16(28)14-10-2-3-11(8-10)15(14)17(27)29;/h2-3,9-11,14-15H,4-8H2,1H3,(H2,23,24,25);1H. The van der Waals surface area contributed by atoms with E-state index in [0.29, 0.717) is 30.5 Å². The number of fused-ring (bicyclic) bond motifs is 5. The van der Waals surface area contributed by atoms with Crippen molar-refractivity contribution in [1.29, 1.82) is 0 Å². The second-order valence-corrected chi connectivity index (χ2v) is 8.57. The molecule has 2 bridgehead atoms. The number of amides is 2. The first-order valence-corrected chi connectivity index (χ1v) is 10.7. The smallest absolute Gasteiger partial charge is 0.356 e. The molecule has 1 aliphatic heterocycles. The summed E-state index contributed by atoms with van der Waals surface area (Å²) >= 11 is 0.966. The van der Waals surface area contributed by atoms with E-state index in [1.165, 1.54) is 4.90 Å². The van der Waals surface area contributed by atoms with Crippen LogP contribution in [0.1, 0.15) is 17.1 Å². The van der Waals surface area contributed by atoms with Crippen LogP contribution in [0.25, 0.3) is 0 Å². The number of nitrogens with one attached hydrogen (secondary N) is 2. The van der Waals surface area contributed by atoms with Gasteiger partial charge in [0.05, 0.1) is 16.8 Å². The molecular weight excluding hydrogens is 546 g/mol. The molecule has 1 saturated heterocycles. The maximum atomic E-state index is 12.6. The second-order valence-electron chi connectivity index (χ2n) is 7.63. The third-order valence-electron chi connectivity index (χ3n) is 5.89. The van der Waals surface area contributed by atoms with Crippen molar-refractivity contribution >= 4 is 53.1 Å². The van der Waals surface area contributed by atoms with Crippen LogP contribution in [0.15, 0.2) is 22.5 Å². The van der Waals surface area contributed by atoms with Gasteiger partial charge in [-0.25, -0.2) is 4.98 Å². The van der Waals surface area contributed by atoms with E-state index in [0.717, 1.165) is 23.1 Å². The summed E-state index contributed by atoms with van der Waals surface area (Å²) in [5.74, 6) is 0.241. The summed E-state index contributed by atoms with van der Waals surface area (Å²) in [6.45, 7) is 0.951. The predicted molar refractivity (Wildman–Crippen MR) is 120 cm³/mol. The maximum absolute atomic E-state index is 12.6. The number of carbonyl (C=O) groups excluding carboxylic acids is 2. The van der Waals surface area contributed by atoms with Crippen molar-refractivity contribution < 1.29 is 22.8 Å². The average molecular weight is 569 g/mol. The lowest BCUT2D eigenvalue weighted by Crippen LogP contribution is -2.44. The molecule has 7 nitrogen and oxygen atoms in total. The summed E-state index contributed by atoms with van der Waals surface area (Å²) in [6.07, 6.45) is 0.913. The molecule has 12 heteroatoms. The zero-order chi connectivity index (χ0) is 21.5. The molecule has 2 fully saturated rings. The molecule has 2 aliphatic carbocycles. The Labute approximate surface area is 198 Å². The number of carbonyl (C=O) groups is 2. The van der Waals surface area contributed by atoms with Gasteiger partial charge in [-0.2, -0.15) is 13.2 Å². The summed E-state index contributed by atoms with van der Waals surface area (Å²) in [6, 6.07) is 0. The zero-order valence-corrected chi connectivity index (χ0v) is 19.8. The quantitative estimate of drug-likeness (QED) is 0.181. The SMILES string of the molecule is CN=C(NCCc1nc(C(F)(F)F)cs1)NCCN1C(=O)C2C3C=CC(C3)C2C1=O.I. The van der Waals surface area contributed by atoms with E-state index >= 15 is 0 Å². The van der Waals surface area contributed by atoms with Crippen molar-refractivity contribution in [3.63, 3.8) is 0 Å². The van der Waals surface area contributed by atoms with Crippen LogP contribution >= 0.6 is 35.3 Å². The molecule has 0 radical (unpaired) electrons. The van der Waals surface area contributed by atoms with Crippen LogP contribution in [0.4, 0.5) is 13.2 Å². The number of likely N-dealkylation sites (tertiary alicyclic amines) is 1. The Bertz CT molecular complexity index is 873. The number of hydrogen-bond acceptors (Lipinski definition) is 5. The average Bonchev–Trinajstić information content (AvgIpc) is 3.46. The van der Waals surface area contributed by atoms with Crippen LogP contribution in [0.5, 0.6) is 0 Å². The van der Waals surface area contributed by atoms with Crippen LogP contribution in [-0.4, -0.2) is 54.3 Å². The third-order valence-corrected chi connectivity index (χ3v) is 6.80. The van der Waals surface area contributed by atoms with Gasteiger partial charge in [0.2, 0.25) is 11.8 Å². The highest BCUT2D eigenvalue weighted by Gasteiger charge is 2.58. The number of rotatable bonds is 6. The molecule has 0 spiro atoms. The number of alkyl halides is 3. The third kappa shape index (κ3) is 4.73. The normalized spacial score (nSPS) is 27.0. The topological polar surface area (TPSA) is 86.7 Å². The minimum absolute atomic E-state index is 0. The van der Waals surface area contributed by atoms with Crippen LogP contribution in [0.3, 0.4) is 0 Å². The molecule has 4 rings (SSSR count). The highest BCUT2D eigenvalue weighted by Crippen LogP contribution is 2.52. The van der Waals surface area contributed by atoms with Gasteiger partial charge < -0.3 is 10.6 Å². The van der Waals surface area contributed by atoms with Crippen LogP contribution in [0, 0.1) is 23.7 Å². The molecular formula is C19H23F3IN5O2S. The van der Waals surface area contributed by atoms with Gasteiger partial charge >= 0.3 is 6.18 Å². The van der Waals surface area contributed by atoms with Gasteiger partial charge in [-0.3, -0.25) is 19.5 Å². The first-order chi connectivity index (χ1) is 14.3. The summed E-state index contributed by atoms with van der Waals surface area (Å²) in [4.78, 5) is 34.3. The Hall–Kier alpha value is -1.70. The minimum Gasteiger partial charge on any atom is -0.356 e. The fourth-order valence-electron chi connectivity index (χ4n) is 4.53. The van der Waals surface area contributed by atoms with Crippen molar-refractivity contribution in [2.75, 3.05) is 26.7 Å².